The first-order valence-electron chi connectivity index (χ1n) is 9.24. The highest BCUT2D eigenvalue weighted by Gasteiger charge is 2.67. The van der Waals surface area contributed by atoms with Gasteiger partial charge in [0.15, 0.2) is 0 Å². The summed E-state index contributed by atoms with van der Waals surface area (Å²) in [6.07, 6.45) is 8.06. The molecule has 0 radical (unpaired) electrons. The van der Waals surface area contributed by atoms with Gasteiger partial charge in [0, 0.05) is 23.7 Å². The van der Waals surface area contributed by atoms with Crippen molar-refractivity contribution >= 4 is 11.6 Å². The molecule has 4 atom stereocenters. The normalized spacial score (nSPS) is 47.6. The molecule has 4 rings (SSSR count). The van der Waals surface area contributed by atoms with Gasteiger partial charge in [0.2, 0.25) is 0 Å². The van der Waals surface area contributed by atoms with Crippen molar-refractivity contribution in [3.63, 3.8) is 0 Å². The van der Waals surface area contributed by atoms with Crippen LogP contribution in [0.3, 0.4) is 0 Å². The quantitative estimate of drug-likeness (QED) is 0.766. The van der Waals surface area contributed by atoms with Crippen LogP contribution >= 0.6 is 0 Å². The fourth-order valence-corrected chi connectivity index (χ4v) is 7.14. The van der Waals surface area contributed by atoms with E-state index in [1.54, 1.807) is 0 Å². The molecule has 2 heteroatoms. The Labute approximate surface area is 134 Å². The first-order chi connectivity index (χ1) is 10.2. The first-order valence-corrected chi connectivity index (χ1v) is 9.24. The lowest BCUT2D eigenvalue weighted by molar-refractivity contribution is -0.135. The zero-order valence-electron chi connectivity index (χ0n) is 14.6. The van der Waals surface area contributed by atoms with Crippen molar-refractivity contribution in [3.05, 3.63) is 0 Å². The second-order valence-corrected chi connectivity index (χ2v) is 9.83. The molecular formula is C20H30O2. The van der Waals surface area contributed by atoms with Gasteiger partial charge < -0.3 is 0 Å². The van der Waals surface area contributed by atoms with Crippen LogP contribution in [0.4, 0.5) is 0 Å². The zero-order valence-corrected chi connectivity index (χ0v) is 14.6. The molecule has 4 saturated carbocycles. The van der Waals surface area contributed by atoms with Gasteiger partial charge in [-0.1, -0.05) is 27.7 Å². The largest absolute Gasteiger partial charge is 0.299 e. The number of ketones is 2. The molecule has 0 amide bonds. The predicted octanol–water partition coefficient (Wildman–Crippen LogP) is 4.56. The van der Waals surface area contributed by atoms with E-state index in [9.17, 15) is 9.59 Å². The molecule has 4 fully saturated rings. The van der Waals surface area contributed by atoms with Crippen LogP contribution in [0.1, 0.15) is 79.1 Å². The molecule has 122 valence electrons. The summed E-state index contributed by atoms with van der Waals surface area (Å²) in [7, 11) is 0. The van der Waals surface area contributed by atoms with Gasteiger partial charge in [-0.2, -0.15) is 0 Å². The molecule has 4 bridgehead atoms. The fraction of sp³-hybridized carbons (Fsp3) is 0.900. The van der Waals surface area contributed by atoms with E-state index in [1.807, 2.05) is 0 Å². The molecule has 4 aliphatic rings. The average molecular weight is 302 g/mol. The summed E-state index contributed by atoms with van der Waals surface area (Å²) >= 11 is 0. The first kappa shape index (κ1) is 14.9. The van der Waals surface area contributed by atoms with Crippen LogP contribution in [-0.2, 0) is 9.59 Å². The number of fused-ring (bicyclic) bond motifs is 4. The summed E-state index contributed by atoms with van der Waals surface area (Å²) in [6.45, 7) is 9.25. The van der Waals surface area contributed by atoms with Gasteiger partial charge in [-0.05, 0) is 61.2 Å². The number of hydrogen-bond acceptors (Lipinski definition) is 2. The predicted molar refractivity (Wildman–Crippen MR) is 86.4 cm³/mol. The molecule has 22 heavy (non-hydrogen) atoms. The third kappa shape index (κ3) is 1.39. The number of carbonyl (C=O) groups is 2. The van der Waals surface area contributed by atoms with Crippen LogP contribution in [0.15, 0.2) is 0 Å². The van der Waals surface area contributed by atoms with Crippen LogP contribution in [0.2, 0.25) is 0 Å². The highest BCUT2D eigenvalue weighted by molar-refractivity contribution is 5.91. The van der Waals surface area contributed by atoms with Crippen molar-refractivity contribution in [2.75, 3.05) is 0 Å². The van der Waals surface area contributed by atoms with Crippen molar-refractivity contribution < 1.29 is 9.59 Å². The third-order valence-corrected chi connectivity index (χ3v) is 9.26. The maximum Gasteiger partial charge on any atom is 0.139 e. The molecule has 0 aromatic carbocycles. The van der Waals surface area contributed by atoms with Crippen LogP contribution in [0.25, 0.3) is 0 Å². The number of hydrogen-bond donors (Lipinski definition) is 0. The van der Waals surface area contributed by atoms with E-state index in [1.165, 1.54) is 12.8 Å². The minimum Gasteiger partial charge on any atom is -0.299 e. The van der Waals surface area contributed by atoms with E-state index < -0.39 is 0 Å². The second-order valence-electron chi connectivity index (χ2n) is 9.83. The Hall–Kier alpha value is -0.660. The van der Waals surface area contributed by atoms with E-state index >= 15 is 0 Å². The van der Waals surface area contributed by atoms with Gasteiger partial charge >= 0.3 is 0 Å². The Morgan fingerprint density at radius 2 is 1.14 bits per heavy atom. The SMILES string of the molecule is CC1(C)C2CC[C@]1(CC[C@]13CCC(CC1=O)C3(C)C)C(=O)C2. The van der Waals surface area contributed by atoms with Crippen LogP contribution in [0, 0.1) is 33.5 Å². The van der Waals surface area contributed by atoms with Gasteiger partial charge in [-0.3, -0.25) is 9.59 Å². The lowest BCUT2D eigenvalue weighted by Crippen LogP contribution is -2.41. The summed E-state index contributed by atoms with van der Waals surface area (Å²) < 4.78 is 0. The smallest absolute Gasteiger partial charge is 0.139 e. The Kier molecular flexibility index (Phi) is 2.74. The Morgan fingerprint density at radius 3 is 1.36 bits per heavy atom. The summed E-state index contributed by atoms with van der Waals surface area (Å²) in [5.74, 6) is 2.17. The van der Waals surface area contributed by atoms with E-state index in [0.29, 0.717) is 23.4 Å². The molecule has 0 aliphatic heterocycles. The van der Waals surface area contributed by atoms with Gasteiger partial charge in [0.1, 0.15) is 11.6 Å². The molecule has 2 unspecified atom stereocenters. The molecule has 0 N–H and O–H groups in total. The van der Waals surface area contributed by atoms with E-state index in [2.05, 4.69) is 27.7 Å². The lowest BCUT2D eigenvalue weighted by atomic mass is 9.60. The highest BCUT2D eigenvalue weighted by atomic mass is 16.1. The summed E-state index contributed by atoms with van der Waals surface area (Å²) in [5, 5.41) is 0. The molecule has 0 aromatic heterocycles. The minimum atomic E-state index is -0.122. The van der Waals surface area contributed by atoms with Gasteiger partial charge in [0.05, 0.1) is 0 Å². The average Bonchev–Trinajstić information content (AvgIpc) is 2.97. The lowest BCUT2D eigenvalue weighted by Gasteiger charge is -2.42. The molecule has 0 spiro atoms. The van der Waals surface area contributed by atoms with Crippen molar-refractivity contribution in [1.82, 2.24) is 0 Å². The van der Waals surface area contributed by atoms with E-state index in [0.717, 1.165) is 38.5 Å². The maximum atomic E-state index is 12.7. The van der Waals surface area contributed by atoms with Crippen LogP contribution in [-0.4, -0.2) is 11.6 Å². The van der Waals surface area contributed by atoms with Crippen molar-refractivity contribution in [2.24, 2.45) is 33.5 Å². The molecule has 0 heterocycles. The standard InChI is InChI=1S/C20H30O2/c1-17(2)13-5-7-19(17,15(21)11-13)9-10-20-8-6-14(12-16(20)22)18(20,3)4/h13-14H,5-12H2,1-4H3/t13?,14?,19-,20+. The van der Waals surface area contributed by atoms with Crippen molar-refractivity contribution in [2.45, 2.75) is 79.1 Å². The van der Waals surface area contributed by atoms with Crippen molar-refractivity contribution in [3.8, 4) is 0 Å². The maximum absolute atomic E-state index is 12.7. The minimum absolute atomic E-state index is 0.122. The monoisotopic (exact) mass is 302 g/mol. The topological polar surface area (TPSA) is 34.1 Å². The molecule has 4 aliphatic carbocycles. The van der Waals surface area contributed by atoms with Crippen LogP contribution < -0.4 is 0 Å². The summed E-state index contributed by atoms with van der Waals surface area (Å²) in [5.41, 5.74) is 0.0436. The molecular weight excluding hydrogens is 272 g/mol. The summed E-state index contributed by atoms with van der Waals surface area (Å²) in [6, 6.07) is 0. The van der Waals surface area contributed by atoms with Crippen LogP contribution in [0.5, 0.6) is 0 Å². The van der Waals surface area contributed by atoms with Crippen molar-refractivity contribution in [1.29, 1.82) is 0 Å². The van der Waals surface area contributed by atoms with Gasteiger partial charge in [-0.15, -0.1) is 0 Å². The van der Waals surface area contributed by atoms with Gasteiger partial charge in [0.25, 0.3) is 0 Å². The Morgan fingerprint density at radius 1 is 0.773 bits per heavy atom. The molecule has 2 nitrogen and oxygen atoms in total. The third-order valence-electron chi connectivity index (χ3n) is 9.26. The van der Waals surface area contributed by atoms with Gasteiger partial charge in [-0.25, -0.2) is 0 Å². The fourth-order valence-electron chi connectivity index (χ4n) is 7.14. The van der Waals surface area contributed by atoms with E-state index in [4.69, 9.17) is 0 Å². The second kappa shape index (κ2) is 4.05. The Balaban J connectivity index is 1.63. The zero-order chi connectivity index (χ0) is 16.0. The van der Waals surface area contributed by atoms with E-state index in [-0.39, 0.29) is 21.7 Å². The highest BCUT2D eigenvalue weighted by Crippen LogP contribution is 2.70. The molecule has 0 saturated heterocycles. The summed E-state index contributed by atoms with van der Waals surface area (Å²) in [4.78, 5) is 25.5. The number of carbonyl (C=O) groups excluding carboxylic acids is 2. The number of rotatable bonds is 3. The number of Topliss-reactive ketones (excluding diaryl/α,β-unsaturated/α-hetero) is 2. The molecule has 0 aromatic rings. The Bertz CT molecular complexity index is 508.